The molecule has 1 unspecified atom stereocenters. The monoisotopic (exact) mass is 681 g/mol. The number of alkyl halides is 2. The van der Waals surface area contributed by atoms with Crippen molar-refractivity contribution in [3.8, 4) is 23.1 Å². The molecule has 254 valence electrons. The van der Waals surface area contributed by atoms with Gasteiger partial charge in [0, 0.05) is 61.1 Å². The average Bonchev–Trinajstić information content (AvgIpc) is 3.47. The molecule has 5 rings (SSSR count). The summed E-state index contributed by atoms with van der Waals surface area (Å²) in [6, 6.07) is 8.46. The van der Waals surface area contributed by atoms with Crippen LogP contribution in [-0.2, 0) is 16.1 Å². The molecule has 1 atom stereocenters. The number of aromatic nitrogens is 4. The summed E-state index contributed by atoms with van der Waals surface area (Å²) in [7, 11) is 2.06. The number of rotatable bonds is 12. The van der Waals surface area contributed by atoms with E-state index >= 15 is 0 Å². The van der Waals surface area contributed by atoms with Crippen LogP contribution in [0.5, 0.6) is 5.75 Å². The molecule has 1 aliphatic heterocycles. The van der Waals surface area contributed by atoms with Gasteiger partial charge >= 0.3 is 6.61 Å². The number of halogens is 3. The molecule has 48 heavy (non-hydrogen) atoms. The van der Waals surface area contributed by atoms with E-state index in [1.807, 2.05) is 0 Å². The summed E-state index contributed by atoms with van der Waals surface area (Å²) in [5, 5.41) is 25.1. The molecule has 2 aliphatic rings. The number of hydrogen-bond acceptors (Lipinski definition) is 9. The number of nitrogens with zero attached hydrogens (tertiary/aromatic N) is 7. The number of hydrogen-bond donors (Lipinski definition) is 2. The highest BCUT2D eigenvalue weighted by molar-refractivity contribution is 6.31. The predicted octanol–water partition coefficient (Wildman–Crippen LogP) is 5.36. The lowest BCUT2D eigenvalue weighted by atomic mass is 9.74. The van der Waals surface area contributed by atoms with E-state index in [9.17, 15) is 23.6 Å². The predicted molar refractivity (Wildman–Crippen MR) is 175 cm³/mol. The minimum Gasteiger partial charge on any atom is -0.434 e. The number of anilines is 1. The molecule has 12 nitrogen and oxygen atoms in total. The number of benzene rings is 1. The molecule has 0 bridgehead atoms. The summed E-state index contributed by atoms with van der Waals surface area (Å²) in [5.41, 5.74) is -0.0995. The Hall–Kier alpha value is -4.48. The second-order valence-corrected chi connectivity index (χ2v) is 12.8. The number of carbonyl (C=O) groups is 2. The second kappa shape index (κ2) is 15.6. The number of amides is 2. The molecule has 2 amide bonds. The van der Waals surface area contributed by atoms with Gasteiger partial charge in [-0.3, -0.25) is 14.3 Å². The number of nitriles is 1. The Labute approximate surface area is 282 Å². The number of carbonyl (C=O) groups excluding carboxylic acids is 2. The molecule has 0 spiro atoms. The third kappa shape index (κ3) is 8.32. The second-order valence-electron chi connectivity index (χ2n) is 12.3. The van der Waals surface area contributed by atoms with Crippen LogP contribution in [-0.4, -0.2) is 86.9 Å². The van der Waals surface area contributed by atoms with E-state index in [2.05, 4.69) is 38.4 Å². The SMILES string of the molecule is CN(CC1(C#N)CCCCC1)C1CCN(C(=O)Cn2cc(NC(=O)C(C=N)c3ncccn3)c(-c3cc(Cl)ccc3OC(F)F)n2)CC1. The topological polar surface area (TPSA) is 153 Å². The first-order valence-corrected chi connectivity index (χ1v) is 16.3. The van der Waals surface area contributed by atoms with Crippen molar-refractivity contribution in [3.05, 3.63) is 53.7 Å². The molecule has 3 heterocycles. The molecule has 1 aliphatic carbocycles. The third-order valence-electron chi connectivity index (χ3n) is 9.08. The van der Waals surface area contributed by atoms with Gasteiger partial charge in [-0.2, -0.15) is 19.1 Å². The van der Waals surface area contributed by atoms with E-state index in [0.29, 0.717) is 13.1 Å². The highest BCUT2D eigenvalue weighted by Crippen LogP contribution is 2.38. The molecule has 1 saturated heterocycles. The summed E-state index contributed by atoms with van der Waals surface area (Å²) in [6.07, 6.45) is 11.9. The molecular formula is C33H38ClF2N9O3. The third-order valence-corrected chi connectivity index (χ3v) is 9.32. The zero-order valence-corrected chi connectivity index (χ0v) is 27.4. The lowest BCUT2D eigenvalue weighted by molar-refractivity contribution is -0.133. The van der Waals surface area contributed by atoms with E-state index in [0.717, 1.165) is 51.3 Å². The van der Waals surface area contributed by atoms with Crippen molar-refractivity contribution in [2.24, 2.45) is 5.41 Å². The zero-order valence-electron chi connectivity index (χ0n) is 26.6. The van der Waals surface area contributed by atoms with Crippen LogP contribution in [0, 0.1) is 22.2 Å². The van der Waals surface area contributed by atoms with Gasteiger partial charge in [0.1, 0.15) is 29.7 Å². The van der Waals surface area contributed by atoms with Crippen LogP contribution in [0.2, 0.25) is 5.02 Å². The number of nitrogens with one attached hydrogen (secondary N) is 2. The first-order chi connectivity index (χ1) is 23.1. The summed E-state index contributed by atoms with van der Waals surface area (Å²) in [4.78, 5) is 39.0. The highest BCUT2D eigenvalue weighted by Gasteiger charge is 2.36. The normalized spacial score (nSPS) is 17.1. The van der Waals surface area contributed by atoms with E-state index in [4.69, 9.17) is 21.7 Å². The van der Waals surface area contributed by atoms with Crippen molar-refractivity contribution in [3.63, 3.8) is 0 Å². The van der Waals surface area contributed by atoms with Gasteiger partial charge in [-0.25, -0.2) is 9.97 Å². The quantitative estimate of drug-likeness (QED) is 0.242. The standard InChI is InChI=1S/C33H38ClF2N9O3/c1-43(21-33(20-38)10-3-2-4-11-33)23-8-14-44(15-9-23)28(46)19-45-18-26(41-31(47)25(17-37)30-39-12-5-13-40-30)29(42-45)24-16-22(34)6-7-27(24)48-32(35)36/h5-7,12-13,16-18,23,25,32,37H,2-4,8-11,14-15,19,21H2,1H3,(H,41,47). The first-order valence-electron chi connectivity index (χ1n) is 15.9. The van der Waals surface area contributed by atoms with Crippen molar-refractivity contribution in [1.82, 2.24) is 29.5 Å². The molecule has 15 heteroatoms. The van der Waals surface area contributed by atoms with Crippen LogP contribution < -0.4 is 10.1 Å². The van der Waals surface area contributed by atoms with Crippen LogP contribution in [0.3, 0.4) is 0 Å². The molecule has 2 fully saturated rings. The average molecular weight is 682 g/mol. The van der Waals surface area contributed by atoms with Crippen molar-refractivity contribution in [2.75, 3.05) is 32.0 Å². The maximum absolute atomic E-state index is 13.5. The fourth-order valence-electron chi connectivity index (χ4n) is 6.56. The van der Waals surface area contributed by atoms with Crippen molar-refractivity contribution >= 4 is 35.3 Å². The molecule has 3 aromatic rings. The smallest absolute Gasteiger partial charge is 0.387 e. The van der Waals surface area contributed by atoms with Crippen molar-refractivity contribution in [1.29, 1.82) is 10.7 Å². The Morgan fingerprint density at radius 3 is 2.58 bits per heavy atom. The van der Waals surface area contributed by atoms with Crippen molar-refractivity contribution < 1.29 is 23.1 Å². The van der Waals surface area contributed by atoms with Gasteiger partial charge in [-0.15, -0.1) is 0 Å². The Bertz CT molecular complexity index is 1630. The molecule has 0 radical (unpaired) electrons. The van der Waals surface area contributed by atoms with E-state index < -0.39 is 18.4 Å². The van der Waals surface area contributed by atoms with Crippen LogP contribution in [0.25, 0.3) is 11.3 Å². The van der Waals surface area contributed by atoms with Crippen molar-refractivity contribution in [2.45, 2.75) is 70.1 Å². The number of ether oxygens (including phenoxy) is 1. The minimum atomic E-state index is -3.14. The Morgan fingerprint density at radius 2 is 1.94 bits per heavy atom. The number of piperidine rings is 1. The van der Waals surface area contributed by atoms with Gasteiger partial charge in [0.05, 0.1) is 17.2 Å². The molecular weight excluding hydrogens is 644 g/mol. The highest BCUT2D eigenvalue weighted by atomic mass is 35.5. The zero-order chi connectivity index (χ0) is 34.3. The van der Waals surface area contributed by atoms with Crippen LogP contribution in [0.15, 0.2) is 42.9 Å². The summed E-state index contributed by atoms with van der Waals surface area (Å²) < 4.78 is 32.7. The van der Waals surface area contributed by atoms with Gasteiger partial charge in [0.25, 0.3) is 0 Å². The van der Waals surface area contributed by atoms with Gasteiger partial charge < -0.3 is 25.3 Å². The van der Waals surface area contributed by atoms with Gasteiger partial charge in [0.15, 0.2) is 0 Å². The van der Waals surface area contributed by atoms with Crippen LogP contribution in [0.1, 0.15) is 56.7 Å². The van der Waals surface area contributed by atoms with Crippen LogP contribution in [0.4, 0.5) is 14.5 Å². The lowest BCUT2D eigenvalue weighted by Crippen LogP contribution is -2.49. The Kier molecular flexibility index (Phi) is 11.3. The van der Waals surface area contributed by atoms with Gasteiger partial charge in [0.2, 0.25) is 11.8 Å². The largest absolute Gasteiger partial charge is 0.434 e. The summed E-state index contributed by atoms with van der Waals surface area (Å²) >= 11 is 6.22. The fraction of sp³-hybridized carbons (Fsp3) is 0.485. The minimum absolute atomic E-state index is 0.0430. The Balaban J connectivity index is 1.33. The first kappa shape index (κ1) is 34.8. The Morgan fingerprint density at radius 1 is 1.23 bits per heavy atom. The maximum Gasteiger partial charge on any atom is 0.387 e. The molecule has 2 N–H and O–H groups in total. The van der Waals surface area contributed by atoms with E-state index in [1.54, 1.807) is 11.0 Å². The van der Waals surface area contributed by atoms with Crippen LogP contribution >= 0.6 is 11.6 Å². The summed E-state index contributed by atoms with van der Waals surface area (Å²) in [6.45, 7) is -1.53. The lowest BCUT2D eigenvalue weighted by Gasteiger charge is -2.41. The van der Waals surface area contributed by atoms with Gasteiger partial charge in [-0.05, 0) is 57.0 Å². The summed E-state index contributed by atoms with van der Waals surface area (Å²) in [5.74, 6) is -2.16. The fourth-order valence-corrected chi connectivity index (χ4v) is 6.74. The molecule has 1 saturated carbocycles. The van der Waals surface area contributed by atoms with E-state index in [-0.39, 0.29) is 57.5 Å². The molecule has 1 aromatic carbocycles. The van der Waals surface area contributed by atoms with E-state index in [1.165, 1.54) is 47.9 Å². The number of likely N-dealkylation sites (tertiary alicyclic amines) is 1. The van der Waals surface area contributed by atoms with Gasteiger partial charge in [-0.1, -0.05) is 30.9 Å². The molecule has 2 aromatic heterocycles. The maximum atomic E-state index is 13.5.